The lowest BCUT2D eigenvalue weighted by Gasteiger charge is -2.25. The predicted molar refractivity (Wildman–Crippen MR) is 69.5 cm³/mol. The van der Waals surface area contributed by atoms with Gasteiger partial charge < -0.3 is 4.74 Å². The van der Waals surface area contributed by atoms with Crippen LogP contribution in [0.3, 0.4) is 0 Å². The Morgan fingerprint density at radius 2 is 2.17 bits per heavy atom. The van der Waals surface area contributed by atoms with Crippen molar-refractivity contribution in [1.29, 1.82) is 0 Å². The molecule has 0 unspecified atom stereocenters. The Morgan fingerprint density at radius 1 is 1.50 bits per heavy atom. The number of rotatable bonds is 5. The van der Waals surface area contributed by atoms with Crippen LogP contribution in [0.25, 0.3) is 0 Å². The van der Waals surface area contributed by atoms with E-state index in [4.69, 9.17) is 4.74 Å². The third kappa shape index (κ3) is 2.34. The highest BCUT2D eigenvalue weighted by Crippen LogP contribution is 2.34. The van der Waals surface area contributed by atoms with Crippen LogP contribution in [0.1, 0.15) is 44.0 Å². The van der Waals surface area contributed by atoms with E-state index in [-0.39, 0.29) is 5.78 Å². The first-order valence-electron chi connectivity index (χ1n) is 6.71. The van der Waals surface area contributed by atoms with Crippen LogP contribution in [0, 0.1) is 0 Å². The van der Waals surface area contributed by atoms with E-state index in [9.17, 15) is 4.79 Å². The standard InChI is InChI=1S/C14H22N2O2/c1-4-11-9-12(16(2)15-11)10-13(17)14(18-3)7-5-6-8-14/h9H,4-8,10H2,1-3H3. The Kier molecular flexibility index (Phi) is 3.85. The summed E-state index contributed by atoms with van der Waals surface area (Å²) < 4.78 is 7.34. The van der Waals surface area contributed by atoms with E-state index in [2.05, 4.69) is 12.0 Å². The Labute approximate surface area is 108 Å². The van der Waals surface area contributed by atoms with Crippen molar-refractivity contribution >= 4 is 5.78 Å². The molecule has 0 spiro atoms. The molecule has 1 saturated carbocycles. The zero-order valence-electron chi connectivity index (χ0n) is 11.5. The summed E-state index contributed by atoms with van der Waals surface area (Å²) in [6.07, 6.45) is 5.23. The normalized spacial score (nSPS) is 18.2. The van der Waals surface area contributed by atoms with E-state index >= 15 is 0 Å². The van der Waals surface area contributed by atoms with Crippen molar-refractivity contribution in [3.8, 4) is 0 Å². The molecule has 1 aliphatic carbocycles. The van der Waals surface area contributed by atoms with Crippen molar-refractivity contribution in [3.63, 3.8) is 0 Å². The van der Waals surface area contributed by atoms with E-state index in [1.807, 2.05) is 17.8 Å². The number of carbonyl (C=O) groups is 1. The molecule has 1 aliphatic rings. The van der Waals surface area contributed by atoms with Gasteiger partial charge in [-0.15, -0.1) is 0 Å². The summed E-state index contributed by atoms with van der Waals surface area (Å²) in [5.41, 5.74) is 1.50. The zero-order valence-corrected chi connectivity index (χ0v) is 11.5. The number of aryl methyl sites for hydroxylation is 2. The molecule has 0 aromatic carbocycles. The van der Waals surface area contributed by atoms with Crippen LogP contribution in [0.2, 0.25) is 0 Å². The summed E-state index contributed by atoms with van der Waals surface area (Å²) in [6.45, 7) is 2.07. The number of carbonyl (C=O) groups excluding carboxylic acids is 1. The molecule has 4 nitrogen and oxygen atoms in total. The molecule has 100 valence electrons. The number of Topliss-reactive ketones (excluding diaryl/α,β-unsaturated/α-hetero) is 1. The highest BCUT2D eigenvalue weighted by molar-refractivity contribution is 5.89. The third-order valence-electron chi connectivity index (χ3n) is 4.04. The van der Waals surface area contributed by atoms with Crippen LogP contribution in [-0.2, 0) is 29.4 Å². The van der Waals surface area contributed by atoms with Crippen LogP contribution in [-0.4, -0.2) is 28.3 Å². The van der Waals surface area contributed by atoms with Crippen LogP contribution in [0.15, 0.2) is 6.07 Å². The molecule has 0 bridgehead atoms. The number of ketones is 1. The maximum atomic E-state index is 12.5. The van der Waals surface area contributed by atoms with Gasteiger partial charge in [0.1, 0.15) is 5.60 Å². The molecule has 4 heteroatoms. The van der Waals surface area contributed by atoms with Crippen molar-refractivity contribution in [2.75, 3.05) is 7.11 Å². The minimum absolute atomic E-state index is 0.202. The quantitative estimate of drug-likeness (QED) is 0.803. The van der Waals surface area contributed by atoms with Crippen molar-refractivity contribution in [2.24, 2.45) is 7.05 Å². The van der Waals surface area contributed by atoms with Gasteiger partial charge in [0.25, 0.3) is 0 Å². The van der Waals surface area contributed by atoms with Crippen LogP contribution in [0.5, 0.6) is 0 Å². The smallest absolute Gasteiger partial charge is 0.170 e. The minimum atomic E-state index is -0.531. The second kappa shape index (κ2) is 5.22. The fourth-order valence-corrected chi connectivity index (χ4v) is 2.78. The first-order valence-corrected chi connectivity index (χ1v) is 6.71. The Hall–Kier alpha value is -1.16. The number of hydrogen-bond donors (Lipinski definition) is 0. The van der Waals surface area contributed by atoms with Gasteiger partial charge in [-0.25, -0.2) is 0 Å². The van der Waals surface area contributed by atoms with E-state index in [1.54, 1.807) is 7.11 Å². The number of nitrogens with zero attached hydrogens (tertiary/aromatic N) is 2. The maximum absolute atomic E-state index is 12.5. The first-order chi connectivity index (χ1) is 8.61. The lowest BCUT2D eigenvalue weighted by atomic mass is 9.93. The molecule has 1 aromatic rings. The molecule has 0 aliphatic heterocycles. The lowest BCUT2D eigenvalue weighted by molar-refractivity contribution is -0.139. The van der Waals surface area contributed by atoms with Gasteiger partial charge in [-0.1, -0.05) is 6.92 Å². The SMILES string of the molecule is CCc1cc(CC(=O)C2(OC)CCCC2)n(C)n1. The van der Waals surface area contributed by atoms with Gasteiger partial charge in [-0.05, 0) is 38.2 Å². The van der Waals surface area contributed by atoms with Gasteiger partial charge in [-0.2, -0.15) is 5.10 Å². The van der Waals surface area contributed by atoms with Gasteiger partial charge in [0.15, 0.2) is 5.78 Å². The average molecular weight is 250 g/mol. The lowest BCUT2D eigenvalue weighted by Crippen LogP contribution is -2.39. The minimum Gasteiger partial charge on any atom is -0.370 e. The van der Waals surface area contributed by atoms with Crippen LogP contribution >= 0.6 is 0 Å². The topological polar surface area (TPSA) is 44.1 Å². The molecule has 0 N–H and O–H groups in total. The first kappa shape index (κ1) is 13.3. The fraction of sp³-hybridized carbons (Fsp3) is 0.714. The highest BCUT2D eigenvalue weighted by Gasteiger charge is 2.40. The largest absolute Gasteiger partial charge is 0.370 e. The maximum Gasteiger partial charge on any atom is 0.170 e. The summed E-state index contributed by atoms with van der Waals surface area (Å²) in [7, 11) is 3.56. The zero-order chi connectivity index (χ0) is 13.2. The van der Waals surface area contributed by atoms with Gasteiger partial charge in [-0.3, -0.25) is 9.48 Å². The predicted octanol–water partition coefficient (Wildman–Crippen LogP) is 2.05. The van der Waals surface area contributed by atoms with Gasteiger partial charge >= 0.3 is 0 Å². The Balaban J connectivity index is 2.12. The van der Waals surface area contributed by atoms with Crippen molar-refractivity contribution in [3.05, 3.63) is 17.5 Å². The Morgan fingerprint density at radius 3 is 2.67 bits per heavy atom. The third-order valence-corrected chi connectivity index (χ3v) is 4.04. The number of methoxy groups -OCH3 is 1. The Bertz CT molecular complexity index is 431. The molecular weight excluding hydrogens is 228 g/mol. The molecule has 0 saturated heterocycles. The molecule has 0 amide bonds. The molecule has 1 aromatic heterocycles. The van der Waals surface area contributed by atoms with Gasteiger partial charge in [0.2, 0.25) is 0 Å². The van der Waals surface area contributed by atoms with E-state index in [0.717, 1.165) is 43.5 Å². The summed E-state index contributed by atoms with van der Waals surface area (Å²) >= 11 is 0. The molecule has 18 heavy (non-hydrogen) atoms. The highest BCUT2D eigenvalue weighted by atomic mass is 16.5. The molecule has 2 rings (SSSR count). The molecule has 0 radical (unpaired) electrons. The van der Waals surface area contributed by atoms with Crippen molar-refractivity contribution in [1.82, 2.24) is 9.78 Å². The van der Waals surface area contributed by atoms with Gasteiger partial charge in [0.05, 0.1) is 12.1 Å². The van der Waals surface area contributed by atoms with E-state index in [0.29, 0.717) is 6.42 Å². The van der Waals surface area contributed by atoms with E-state index in [1.165, 1.54) is 0 Å². The van der Waals surface area contributed by atoms with Crippen molar-refractivity contribution < 1.29 is 9.53 Å². The average Bonchev–Trinajstić information content (AvgIpc) is 2.97. The summed E-state index contributed by atoms with van der Waals surface area (Å²) in [5, 5.41) is 4.38. The number of ether oxygens (including phenoxy) is 1. The summed E-state index contributed by atoms with van der Waals surface area (Å²) in [6, 6.07) is 2.02. The van der Waals surface area contributed by atoms with Gasteiger partial charge in [0, 0.05) is 19.9 Å². The molecular formula is C14H22N2O2. The van der Waals surface area contributed by atoms with Crippen molar-refractivity contribution in [2.45, 2.75) is 51.0 Å². The summed E-state index contributed by atoms with van der Waals surface area (Å²) in [5.74, 6) is 0.202. The van der Waals surface area contributed by atoms with Crippen LogP contribution in [0.4, 0.5) is 0 Å². The molecule has 0 atom stereocenters. The second-order valence-corrected chi connectivity index (χ2v) is 5.11. The summed E-state index contributed by atoms with van der Waals surface area (Å²) in [4.78, 5) is 12.5. The molecule has 1 fully saturated rings. The fourth-order valence-electron chi connectivity index (χ4n) is 2.78. The second-order valence-electron chi connectivity index (χ2n) is 5.11. The number of hydrogen-bond acceptors (Lipinski definition) is 3. The monoisotopic (exact) mass is 250 g/mol. The van der Waals surface area contributed by atoms with E-state index < -0.39 is 5.60 Å². The van der Waals surface area contributed by atoms with Crippen LogP contribution < -0.4 is 0 Å². The molecule has 1 heterocycles. The number of aromatic nitrogens is 2.